The molecule has 1 heterocycles. The Bertz CT molecular complexity index is 429. The van der Waals surface area contributed by atoms with Crippen molar-refractivity contribution in [3.63, 3.8) is 0 Å². The van der Waals surface area contributed by atoms with Gasteiger partial charge >= 0.3 is 0 Å². The predicted octanol–water partition coefficient (Wildman–Crippen LogP) is 2.82. The average Bonchev–Trinajstić information content (AvgIpc) is 2.85. The fourth-order valence-corrected chi connectivity index (χ4v) is 3.54. The third-order valence-electron chi connectivity index (χ3n) is 4.58. The summed E-state index contributed by atoms with van der Waals surface area (Å²) in [6.07, 6.45) is 6.10. The first-order valence-corrected chi connectivity index (χ1v) is 7.92. The number of β-amino-alcohol motifs (C(OH)–C–C–N with tert-alkyl or cyclic N) is 1. The maximum absolute atomic E-state index is 10.3. The van der Waals surface area contributed by atoms with Gasteiger partial charge in [-0.3, -0.25) is 4.90 Å². The highest BCUT2D eigenvalue weighted by Gasteiger charge is 2.22. The van der Waals surface area contributed by atoms with E-state index >= 15 is 0 Å². The van der Waals surface area contributed by atoms with E-state index in [2.05, 4.69) is 17.0 Å². The summed E-state index contributed by atoms with van der Waals surface area (Å²) in [7, 11) is 0. The summed E-state index contributed by atoms with van der Waals surface area (Å²) < 4.78 is 5.77. The Kier molecular flexibility index (Phi) is 4.58. The minimum Gasteiger partial charge on any atom is -0.492 e. The van der Waals surface area contributed by atoms with Crippen molar-refractivity contribution in [1.29, 1.82) is 0 Å². The van der Waals surface area contributed by atoms with Crippen molar-refractivity contribution >= 4 is 0 Å². The Balaban J connectivity index is 1.54. The van der Waals surface area contributed by atoms with Gasteiger partial charge in [0.15, 0.2) is 0 Å². The van der Waals surface area contributed by atoms with E-state index in [9.17, 15) is 5.11 Å². The average molecular weight is 275 g/mol. The minimum atomic E-state index is -0.191. The molecule has 1 aromatic carbocycles. The molecule has 1 aliphatic heterocycles. The van der Waals surface area contributed by atoms with Gasteiger partial charge in [-0.2, -0.15) is 0 Å². The SMILES string of the molecule is OC(CC1CCCC1)CN1CCOc2ccccc2C1. The van der Waals surface area contributed by atoms with E-state index in [4.69, 9.17) is 4.74 Å². The fraction of sp³-hybridized carbons (Fsp3) is 0.647. The van der Waals surface area contributed by atoms with E-state index in [0.29, 0.717) is 6.61 Å². The van der Waals surface area contributed by atoms with Crippen LogP contribution in [0.1, 0.15) is 37.7 Å². The molecule has 1 aromatic rings. The minimum absolute atomic E-state index is 0.191. The highest BCUT2D eigenvalue weighted by atomic mass is 16.5. The molecule has 0 bridgehead atoms. The molecule has 0 aromatic heterocycles. The predicted molar refractivity (Wildman–Crippen MR) is 79.8 cm³/mol. The molecule has 1 saturated carbocycles. The van der Waals surface area contributed by atoms with Crippen LogP contribution < -0.4 is 4.74 Å². The van der Waals surface area contributed by atoms with Crippen molar-refractivity contribution in [1.82, 2.24) is 4.90 Å². The van der Waals surface area contributed by atoms with Crippen molar-refractivity contribution < 1.29 is 9.84 Å². The second kappa shape index (κ2) is 6.59. The molecule has 1 aliphatic carbocycles. The molecule has 3 nitrogen and oxygen atoms in total. The Labute approximate surface area is 121 Å². The number of aliphatic hydroxyl groups is 1. The summed E-state index contributed by atoms with van der Waals surface area (Å²) in [5.41, 5.74) is 1.23. The summed E-state index contributed by atoms with van der Waals surface area (Å²) in [5, 5.41) is 10.3. The van der Waals surface area contributed by atoms with Gasteiger partial charge in [0.1, 0.15) is 12.4 Å². The number of para-hydroxylation sites is 1. The molecule has 0 amide bonds. The molecule has 2 aliphatic rings. The maximum Gasteiger partial charge on any atom is 0.123 e. The second-order valence-corrected chi connectivity index (χ2v) is 6.23. The van der Waals surface area contributed by atoms with E-state index in [0.717, 1.165) is 37.7 Å². The molecular weight excluding hydrogens is 250 g/mol. The van der Waals surface area contributed by atoms with Crippen molar-refractivity contribution in [2.45, 2.75) is 44.8 Å². The van der Waals surface area contributed by atoms with Crippen molar-refractivity contribution in [2.24, 2.45) is 5.92 Å². The van der Waals surface area contributed by atoms with Gasteiger partial charge in [-0.25, -0.2) is 0 Å². The normalized spacial score (nSPS) is 22.1. The smallest absolute Gasteiger partial charge is 0.123 e. The van der Waals surface area contributed by atoms with Gasteiger partial charge in [-0.15, -0.1) is 0 Å². The van der Waals surface area contributed by atoms with Crippen LogP contribution in [-0.2, 0) is 6.54 Å². The molecular formula is C17H25NO2. The van der Waals surface area contributed by atoms with E-state index in [1.807, 2.05) is 12.1 Å². The highest BCUT2D eigenvalue weighted by molar-refractivity contribution is 5.33. The molecule has 0 radical (unpaired) electrons. The summed E-state index contributed by atoms with van der Waals surface area (Å²) in [4.78, 5) is 2.32. The maximum atomic E-state index is 10.3. The van der Waals surface area contributed by atoms with Crippen molar-refractivity contribution in [3.05, 3.63) is 29.8 Å². The molecule has 1 atom stereocenters. The first-order chi connectivity index (χ1) is 9.81. The van der Waals surface area contributed by atoms with E-state index < -0.39 is 0 Å². The molecule has 0 spiro atoms. The molecule has 3 heteroatoms. The Morgan fingerprint density at radius 3 is 2.90 bits per heavy atom. The zero-order valence-electron chi connectivity index (χ0n) is 12.1. The standard InChI is InChI=1S/C17H25NO2/c19-16(11-14-5-1-2-6-14)13-18-9-10-20-17-8-4-3-7-15(17)12-18/h3-4,7-8,14,16,19H,1-2,5-6,9-13H2. The number of fused-ring (bicyclic) bond motifs is 1. The quantitative estimate of drug-likeness (QED) is 0.917. The zero-order chi connectivity index (χ0) is 13.8. The lowest BCUT2D eigenvalue weighted by atomic mass is 10.00. The van der Waals surface area contributed by atoms with E-state index in [1.165, 1.54) is 31.2 Å². The Hall–Kier alpha value is -1.06. The molecule has 1 unspecified atom stereocenters. The van der Waals surface area contributed by atoms with Gasteiger partial charge in [-0.1, -0.05) is 43.9 Å². The fourth-order valence-electron chi connectivity index (χ4n) is 3.54. The van der Waals surface area contributed by atoms with Crippen LogP contribution in [0.4, 0.5) is 0 Å². The molecule has 1 fully saturated rings. The molecule has 0 saturated heterocycles. The highest BCUT2D eigenvalue weighted by Crippen LogP contribution is 2.29. The number of ether oxygens (including phenoxy) is 1. The number of hydrogen-bond donors (Lipinski definition) is 1. The van der Waals surface area contributed by atoms with Gasteiger partial charge in [0.25, 0.3) is 0 Å². The van der Waals surface area contributed by atoms with Crippen molar-refractivity contribution in [2.75, 3.05) is 19.7 Å². The summed E-state index contributed by atoms with van der Waals surface area (Å²) in [6, 6.07) is 8.23. The van der Waals surface area contributed by atoms with Gasteiger partial charge in [0.2, 0.25) is 0 Å². The topological polar surface area (TPSA) is 32.7 Å². The van der Waals surface area contributed by atoms with Crippen LogP contribution in [0.2, 0.25) is 0 Å². The molecule has 20 heavy (non-hydrogen) atoms. The number of benzene rings is 1. The molecule has 110 valence electrons. The summed E-state index contributed by atoms with van der Waals surface area (Å²) in [5.74, 6) is 1.75. The third kappa shape index (κ3) is 3.53. The Morgan fingerprint density at radius 1 is 1.25 bits per heavy atom. The number of nitrogens with zero attached hydrogens (tertiary/aromatic N) is 1. The second-order valence-electron chi connectivity index (χ2n) is 6.23. The third-order valence-corrected chi connectivity index (χ3v) is 4.58. The van der Waals surface area contributed by atoms with Crippen LogP contribution >= 0.6 is 0 Å². The van der Waals surface area contributed by atoms with Crippen molar-refractivity contribution in [3.8, 4) is 5.75 Å². The van der Waals surface area contributed by atoms with Crippen LogP contribution in [-0.4, -0.2) is 35.8 Å². The first-order valence-electron chi connectivity index (χ1n) is 7.92. The summed E-state index contributed by atoms with van der Waals surface area (Å²) >= 11 is 0. The zero-order valence-corrected chi connectivity index (χ0v) is 12.1. The van der Waals surface area contributed by atoms with Gasteiger partial charge in [0, 0.05) is 25.2 Å². The van der Waals surface area contributed by atoms with Crippen LogP contribution in [0.5, 0.6) is 5.75 Å². The lowest BCUT2D eigenvalue weighted by Gasteiger charge is -2.24. The van der Waals surface area contributed by atoms with Gasteiger partial charge in [-0.05, 0) is 18.4 Å². The number of rotatable bonds is 4. The molecule has 1 N–H and O–H groups in total. The Morgan fingerprint density at radius 2 is 2.05 bits per heavy atom. The summed E-state index contributed by atoms with van der Waals surface area (Å²) in [6.45, 7) is 3.27. The van der Waals surface area contributed by atoms with Crippen LogP contribution in [0.25, 0.3) is 0 Å². The van der Waals surface area contributed by atoms with E-state index in [1.54, 1.807) is 0 Å². The van der Waals surface area contributed by atoms with Gasteiger partial charge < -0.3 is 9.84 Å². The lowest BCUT2D eigenvalue weighted by molar-refractivity contribution is 0.0850. The van der Waals surface area contributed by atoms with Gasteiger partial charge in [0.05, 0.1) is 6.10 Å². The van der Waals surface area contributed by atoms with Crippen LogP contribution in [0.3, 0.4) is 0 Å². The largest absolute Gasteiger partial charge is 0.492 e. The first kappa shape index (κ1) is 13.9. The van der Waals surface area contributed by atoms with Crippen LogP contribution in [0, 0.1) is 5.92 Å². The number of hydrogen-bond acceptors (Lipinski definition) is 3. The van der Waals surface area contributed by atoms with E-state index in [-0.39, 0.29) is 6.10 Å². The lowest BCUT2D eigenvalue weighted by Crippen LogP contribution is -2.34. The monoisotopic (exact) mass is 275 g/mol. The van der Waals surface area contributed by atoms with Crippen LogP contribution in [0.15, 0.2) is 24.3 Å². The number of aliphatic hydroxyl groups excluding tert-OH is 1. The molecule has 3 rings (SSSR count).